The van der Waals surface area contributed by atoms with E-state index in [4.69, 9.17) is 4.74 Å². The minimum absolute atomic E-state index is 0.00930. The molecule has 0 bridgehead atoms. The predicted molar refractivity (Wildman–Crippen MR) is 83.8 cm³/mol. The molecule has 0 spiro atoms. The van der Waals surface area contributed by atoms with Crippen molar-refractivity contribution >= 4 is 11.9 Å². The van der Waals surface area contributed by atoms with Gasteiger partial charge in [0.15, 0.2) is 0 Å². The number of hydrogen-bond acceptors (Lipinski definition) is 7. The topological polar surface area (TPSA) is 92.2 Å². The summed E-state index contributed by atoms with van der Waals surface area (Å²) in [4.78, 5) is 12.7. The van der Waals surface area contributed by atoms with Crippen molar-refractivity contribution in [3.05, 3.63) is 0 Å². The zero-order valence-electron chi connectivity index (χ0n) is 13.4. The summed E-state index contributed by atoms with van der Waals surface area (Å²) in [6.45, 7) is 9.13. The van der Waals surface area contributed by atoms with Gasteiger partial charge in [0.05, 0.1) is 12.2 Å². The number of aliphatic hydroxyl groups is 1. The molecule has 21 heavy (non-hydrogen) atoms. The second-order valence-electron chi connectivity index (χ2n) is 5.18. The lowest BCUT2D eigenvalue weighted by molar-refractivity contribution is 0.176. The van der Waals surface area contributed by atoms with Crippen LogP contribution in [0.25, 0.3) is 0 Å². The number of rotatable bonds is 10. The van der Waals surface area contributed by atoms with Crippen LogP contribution >= 0.6 is 0 Å². The third-order valence-corrected chi connectivity index (χ3v) is 2.61. The van der Waals surface area contributed by atoms with Crippen LogP contribution < -0.4 is 15.4 Å². The molecule has 0 aliphatic heterocycles. The highest BCUT2D eigenvalue weighted by atomic mass is 16.5. The Kier molecular flexibility index (Phi) is 7.74. The molecule has 3 N–H and O–H groups in total. The van der Waals surface area contributed by atoms with E-state index in [2.05, 4.69) is 32.5 Å². The molecule has 0 fully saturated rings. The van der Waals surface area contributed by atoms with Gasteiger partial charge in [-0.3, -0.25) is 0 Å². The van der Waals surface area contributed by atoms with Crippen LogP contribution in [0.15, 0.2) is 0 Å². The molecule has 1 aromatic rings. The van der Waals surface area contributed by atoms with Crippen LogP contribution in [-0.2, 0) is 0 Å². The van der Waals surface area contributed by atoms with Gasteiger partial charge in [0.1, 0.15) is 0 Å². The average Bonchev–Trinajstić information content (AvgIpc) is 2.42. The summed E-state index contributed by atoms with van der Waals surface area (Å²) in [5.74, 6) is 0.893. The highest BCUT2D eigenvalue weighted by Crippen LogP contribution is 2.13. The van der Waals surface area contributed by atoms with Crippen LogP contribution in [0.2, 0.25) is 0 Å². The summed E-state index contributed by atoms with van der Waals surface area (Å²) in [6, 6.07) is 0.283. The summed E-state index contributed by atoms with van der Waals surface area (Å²) in [5, 5.41) is 15.9. The number of ether oxygens (including phenoxy) is 1. The number of nitrogens with zero attached hydrogens (tertiary/aromatic N) is 3. The van der Waals surface area contributed by atoms with Crippen LogP contribution in [-0.4, -0.2) is 45.4 Å². The normalized spacial score (nSPS) is 12.3. The standard InChI is InChI=1S/C14H27N5O2/c1-5-7-11(20)9-16-13-17-12(15-8-6-2)18-14(19-13)21-10(3)4/h10-11,20H,5-9H2,1-4H3,(H2,15,16,17,18,19). The molecule has 0 saturated carbocycles. The molecule has 1 unspecified atom stereocenters. The molecule has 0 amide bonds. The first kappa shape index (κ1) is 17.4. The zero-order chi connectivity index (χ0) is 15.7. The van der Waals surface area contributed by atoms with Crippen molar-refractivity contribution in [1.29, 1.82) is 0 Å². The molecular weight excluding hydrogens is 270 g/mol. The summed E-state index contributed by atoms with van der Waals surface area (Å²) in [6.07, 6.45) is 2.24. The SMILES string of the molecule is CCCNc1nc(NCC(O)CCC)nc(OC(C)C)n1. The highest BCUT2D eigenvalue weighted by molar-refractivity contribution is 5.35. The maximum Gasteiger partial charge on any atom is 0.323 e. The molecule has 0 aliphatic carbocycles. The van der Waals surface area contributed by atoms with Gasteiger partial charge in [-0.1, -0.05) is 20.3 Å². The van der Waals surface area contributed by atoms with Gasteiger partial charge in [-0.25, -0.2) is 0 Å². The molecule has 7 heteroatoms. The van der Waals surface area contributed by atoms with E-state index in [-0.39, 0.29) is 12.1 Å². The molecular formula is C14H27N5O2. The van der Waals surface area contributed by atoms with Crippen molar-refractivity contribution in [3.63, 3.8) is 0 Å². The Bertz CT molecular complexity index is 414. The van der Waals surface area contributed by atoms with Gasteiger partial charge < -0.3 is 20.5 Å². The van der Waals surface area contributed by atoms with Crippen LogP contribution in [0.1, 0.15) is 47.0 Å². The largest absolute Gasteiger partial charge is 0.461 e. The fraction of sp³-hybridized carbons (Fsp3) is 0.786. The monoisotopic (exact) mass is 297 g/mol. The molecule has 0 aliphatic rings. The second kappa shape index (κ2) is 9.33. The summed E-state index contributed by atoms with van der Waals surface area (Å²) in [7, 11) is 0. The minimum atomic E-state index is -0.409. The van der Waals surface area contributed by atoms with Gasteiger partial charge in [-0.2, -0.15) is 15.0 Å². The average molecular weight is 297 g/mol. The maximum atomic E-state index is 9.76. The zero-order valence-corrected chi connectivity index (χ0v) is 13.4. The van der Waals surface area contributed by atoms with Crippen LogP contribution in [0.4, 0.5) is 11.9 Å². The van der Waals surface area contributed by atoms with Crippen LogP contribution in [0.5, 0.6) is 6.01 Å². The molecule has 0 radical (unpaired) electrons. The van der Waals surface area contributed by atoms with E-state index in [0.29, 0.717) is 18.4 Å². The lowest BCUT2D eigenvalue weighted by atomic mass is 10.2. The first-order chi connectivity index (χ1) is 10.0. The molecule has 7 nitrogen and oxygen atoms in total. The number of aromatic nitrogens is 3. The van der Waals surface area contributed by atoms with Crippen molar-refractivity contribution in [2.45, 2.75) is 59.2 Å². The smallest absolute Gasteiger partial charge is 0.323 e. The Balaban J connectivity index is 2.75. The van der Waals surface area contributed by atoms with E-state index in [1.807, 2.05) is 20.8 Å². The van der Waals surface area contributed by atoms with E-state index < -0.39 is 6.10 Å². The molecule has 1 aromatic heterocycles. The molecule has 120 valence electrons. The Morgan fingerprint density at radius 2 is 1.71 bits per heavy atom. The minimum Gasteiger partial charge on any atom is -0.461 e. The number of hydrogen-bond donors (Lipinski definition) is 3. The van der Waals surface area contributed by atoms with E-state index in [1.165, 1.54) is 0 Å². The van der Waals surface area contributed by atoms with Crippen molar-refractivity contribution in [1.82, 2.24) is 15.0 Å². The molecule has 1 heterocycles. The van der Waals surface area contributed by atoms with Crippen molar-refractivity contribution in [2.24, 2.45) is 0 Å². The number of aliphatic hydroxyl groups excluding tert-OH is 1. The third kappa shape index (κ3) is 7.08. The summed E-state index contributed by atoms with van der Waals surface area (Å²) < 4.78 is 5.53. The Morgan fingerprint density at radius 1 is 1.05 bits per heavy atom. The van der Waals surface area contributed by atoms with Gasteiger partial charge in [0.25, 0.3) is 0 Å². The molecule has 1 rings (SSSR count). The molecule has 1 atom stereocenters. The van der Waals surface area contributed by atoms with Crippen LogP contribution in [0, 0.1) is 0 Å². The lowest BCUT2D eigenvalue weighted by Crippen LogP contribution is -2.21. The van der Waals surface area contributed by atoms with Gasteiger partial charge in [0.2, 0.25) is 11.9 Å². The van der Waals surface area contributed by atoms with Gasteiger partial charge in [-0.05, 0) is 26.7 Å². The first-order valence-corrected chi connectivity index (χ1v) is 7.63. The number of anilines is 2. The fourth-order valence-electron chi connectivity index (χ4n) is 1.66. The summed E-state index contributed by atoms with van der Waals surface area (Å²) in [5.41, 5.74) is 0. The molecule has 0 saturated heterocycles. The Morgan fingerprint density at radius 3 is 2.29 bits per heavy atom. The van der Waals surface area contributed by atoms with E-state index in [1.54, 1.807) is 0 Å². The van der Waals surface area contributed by atoms with Gasteiger partial charge >= 0.3 is 6.01 Å². The first-order valence-electron chi connectivity index (χ1n) is 7.63. The van der Waals surface area contributed by atoms with E-state index in [9.17, 15) is 5.11 Å². The fourth-order valence-corrected chi connectivity index (χ4v) is 1.66. The van der Waals surface area contributed by atoms with E-state index >= 15 is 0 Å². The second-order valence-corrected chi connectivity index (χ2v) is 5.18. The Labute approximate surface area is 126 Å². The summed E-state index contributed by atoms with van der Waals surface area (Å²) >= 11 is 0. The van der Waals surface area contributed by atoms with Gasteiger partial charge in [-0.15, -0.1) is 0 Å². The van der Waals surface area contributed by atoms with Crippen LogP contribution in [0.3, 0.4) is 0 Å². The predicted octanol–water partition coefficient (Wildman–Crippen LogP) is 2.05. The highest BCUT2D eigenvalue weighted by Gasteiger charge is 2.10. The van der Waals surface area contributed by atoms with Gasteiger partial charge in [0, 0.05) is 13.1 Å². The lowest BCUT2D eigenvalue weighted by Gasteiger charge is -2.13. The Hall–Kier alpha value is -1.63. The maximum absolute atomic E-state index is 9.76. The third-order valence-electron chi connectivity index (χ3n) is 2.61. The number of nitrogens with one attached hydrogen (secondary N) is 2. The van der Waals surface area contributed by atoms with Crippen molar-refractivity contribution in [2.75, 3.05) is 23.7 Å². The van der Waals surface area contributed by atoms with E-state index in [0.717, 1.165) is 25.8 Å². The molecule has 0 aromatic carbocycles. The van der Waals surface area contributed by atoms with Crippen molar-refractivity contribution in [3.8, 4) is 6.01 Å². The van der Waals surface area contributed by atoms with Crippen molar-refractivity contribution < 1.29 is 9.84 Å². The quantitative estimate of drug-likeness (QED) is 0.608.